The van der Waals surface area contributed by atoms with Gasteiger partial charge in [-0.15, -0.1) is 0 Å². The summed E-state index contributed by atoms with van der Waals surface area (Å²) >= 11 is 0. The van der Waals surface area contributed by atoms with Crippen molar-refractivity contribution >= 4 is 17.8 Å². The first-order valence-corrected chi connectivity index (χ1v) is 11.6. The van der Waals surface area contributed by atoms with E-state index >= 15 is 0 Å². The quantitative estimate of drug-likeness (QED) is 0.612. The highest BCUT2D eigenvalue weighted by Gasteiger charge is 2.69. The number of ether oxygens (including phenoxy) is 2. The number of imide groups is 1. The number of methoxy groups -OCH3 is 2. The van der Waals surface area contributed by atoms with Gasteiger partial charge in [0.25, 0.3) is 0 Å². The van der Waals surface area contributed by atoms with Crippen molar-refractivity contribution in [2.24, 2.45) is 11.8 Å². The molecule has 8 heteroatoms. The molecule has 0 spiro atoms. The number of likely N-dealkylation sites (tertiary alicyclic amines) is 1. The van der Waals surface area contributed by atoms with Gasteiger partial charge in [0.1, 0.15) is 17.0 Å². The molecule has 2 aliphatic rings. The van der Waals surface area contributed by atoms with Crippen molar-refractivity contribution in [1.82, 2.24) is 10.2 Å². The Morgan fingerprint density at radius 3 is 2.26 bits per heavy atom. The van der Waals surface area contributed by atoms with Crippen molar-refractivity contribution in [2.45, 2.75) is 51.2 Å². The van der Waals surface area contributed by atoms with Crippen molar-refractivity contribution in [3.8, 4) is 11.5 Å². The molecule has 0 bridgehead atoms. The fraction of sp³-hybridized carbons (Fsp3) is 0.444. The van der Waals surface area contributed by atoms with E-state index in [-0.39, 0.29) is 12.3 Å². The second-order valence-electron chi connectivity index (χ2n) is 10.3. The largest absolute Gasteiger partial charge is 0.496 e. The van der Waals surface area contributed by atoms with Gasteiger partial charge in [-0.25, -0.2) is 0 Å². The van der Waals surface area contributed by atoms with Gasteiger partial charge in [0.05, 0.1) is 26.1 Å². The van der Waals surface area contributed by atoms with Gasteiger partial charge in [0.15, 0.2) is 0 Å². The average molecular weight is 481 g/mol. The Kier molecular flexibility index (Phi) is 6.13. The van der Waals surface area contributed by atoms with Gasteiger partial charge < -0.3 is 14.6 Å². The molecule has 0 radical (unpaired) electrons. The monoisotopic (exact) mass is 480 g/mol. The van der Waals surface area contributed by atoms with E-state index < -0.39 is 40.8 Å². The number of carbonyl (C=O) groups is 3. The molecule has 0 aromatic heterocycles. The first-order valence-electron chi connectivity index (χ1n) is 11.6. The minimum absolute atomic E-state index is 0.0509. The average Bonchev–Trinajstić information content (AvgIpc) is 3.28. The van der Waals surface area contributed by atoms with E-state index in [9.17, 15) is 19.5 Å². The standard InChI is InChI=1S/C27H32N2O6/c1-15-18(34-5)13-12-17(22(15)35-6)21-19-20(24(31)29(23(19)30)26(2,3)4)27(28-21,25(32)33)14-16-10-8-7-9-11-16/h7-13,19-21,28H,14H2,1-6H3,(H,32,33). The van der Waals surface area contributed by atoms with Gasteiger partial charge in [0.2, 0.25) is 11.8 Å². The number of nitrogens with zero attached hydrogens (tertiary/aromatic N) is 1. The number of hydrogen-bond acceptors (Lipinski definition) is 6. The number of hydrogen-bond donors (Lipinski definition) is 2. The summed E-state index contributed by atoms with van der Waals surface area (Å²) in [6.45, 7) is 7.18. The molecule has 4 rings (SSSR count). The maximum absolute atomic E-state index is 13.8. The van der Waals surface area contributed by atoms with Gasteiger partial charge in [-0.05, 0) is 39.3 Å². The summed E-state index contributed by atoms with van der Waals surface area (Å²) in [5.41, 5.74) is -0.364. The predicted octanol–water partition coefficient (Wildman–Crippen LogP) is 3.12. The first-order chi connectivity index (χ1) is 16.5. The molecule has 0 saturated carbocycles. The predicted molar refractivity (Wildman–Crippen MR) is 129 cm³/mol. The van der Waals surface area contributed by atoms with Crippen LogP contribution in [0.5, 0.6) is 11.5 Å². The molecule has 0 aliphatic carbocycles. The van der Waals surface area contributed by atoms with Crippen LogP contribution in [0.25, 0.3) is 0 Å². The summed E-state index contributed by atoms with van der Waals surface area (Å²) in [6.07, 6.45) is 0.0509. The SMILES string of the molecule is COc1ccc(C2NC(Cc3ccccc3)(C(=O)O)C3C(=O)N(C(C)(C)C)C(=O)C23)c(OC)c1C. The minimum Gasteiger partial charge on any atom is -0.496 e. The highest BCUT2D eigenvalue weighted by atomic mass is 16.5. The van der Waals surface area contributed by atoms with Crippen molar-refractivity contribution < 1.29 is 29.0 Å². The highest BCUT2D eigenvalue weighted by Crippen LogP contribution is 2.53. The van der Waals surface area contributed by atoms with Crippen LogP contribution < -0.4 is 14.8 Å². The number of amides is 2. The van der Waals surface area contributed by atoms with E-state index in [0.717, 1.165) is 11.1 Å². The zero-order valence-electron chi connectivity index (χ0n) is 20.9. The summed E-state index contributed by atoms with van der Waals surface area (Å²) in [6, 6.07) is 12.0. The molecule has 4 unspecified atom stereocenters. The number of rotatable bonds is 6. The maximum atomic E-state index is 13.8. The summed E-state index contributed by atoms with van der Waals surface area (Å²) < 4.78 is 11.1. The summed E-state index contributed by atoms with van der Waals surface area (Å²) in [7, 11) is 3.08. The maximum Gasteiger partial charge on any atom is 0.325 e. The van der Waals surface area contributed by atoms with Gasteiger partial charge >= 0.3 is 5.97 Å². The Morgan fingerprint density at radius 2 is 1.71 bits per heavy atom. The molecule has 2 aromatic carbocycles. The lowest BCUT2D eigenvalue weighted by Gasteiger charge is -2.35. The molecule has 2 saturated heterocycles. The van der Waals surface area contributed by atoms with Crippen LogP contribution in [0.3, 0.4) is 0 Å². The zero-order chi connectivity index (χ0) is 25.7. The third-order valence-electron chi connectivity index (χ3n) is 7.18. The summed E-state index contributed by atoms with van der Waals surface area (Å²) in [5.74, 6) is -2.89. The van der Waals surface area contributed by atoms with Crippen molar-refractivity contribution in [1.29, 1.82) is 0 Å². The number of aliphatic carboxylic acids is 1. The van der Waals surface area contributed by atoms with E-state index in [0.29, 0.717) is 17.1 Å². The van der Waals surface area contributed by atoms with Crippen LogP contribution in [0.4, 0.5) is 0 Å². The highest BCUT2D eigenvalue weighted by molar-refractivity contribution is 6.10. The van der Waals surface area contributed by atoms with Crippen LogP contribution in [0.15, 0.2) is 42.5 Å². The van der Waals surface area contributed by atoms with Gasteiger partial charge in [-0.2, -0.15) is 0 Å². The third-order valence-corrected chi connectivity index (χ3v) is 7.18. The van der Waals surface area contributed by atoms with Crippen molar-refractivity contribution in [2.75, 3.05) is 14.2 Å². The van der Waals surface area contributed by atoms with Crippen LogP contribution in [0.2, 0.25) is 0 Å². The van der Waals surface area contributed by atoms with Crippen molar-refractivity contribution in [3.05, 3.63) is 59.2 Å². The van der Waals surface area contributed by atoms with Crippen molar-refractivity contribution in [3.63, 3.8) is 0 Å². The molecule has 4 atom stereocenters. The van der Waals surface area contributed by atoms with Gasteiger partial charge in [0, 0.05) is 29.1 Å². The second kappa shape index (κ2) is 8.68. The topological polar surface area (TPSA) is 105 Å². The minimum atomic E-state index is -1.68. The number of fused-ring (bicyclic) bond motifs is 1. The molecule has 2 aliphatic heterocycles. The molecular formula is C27H32N2O6. The number of carboxylic acid groups (broad SMARTS) is 1. The van der Waals surface area contributed by atoms with Crippen LogP contribution in [-0.2, 0) is 20.8 Å². The van der Waals surface area contributed by atoms with E-state index in [4.69, 9.17) is 9.47 Å². The molecule has 2 N–H and O–H groups in total. The summed E-state index contributed by atoms with van der Waals surface area (Å²) in [5, 5.41) is 13.9. The van der Waals surface area contributed by atoms with Gasteiger partial charge in [-0.1, -0.05) is 36.4 Å². The number of carbonyl (C=O) groups excluding carboxylic acids is 2. The first kappa shape index (κ1) is 24.7. The molecule has 2 fully saturated rings. The van der Waals surface area contributed by atoms with Gasteiger partial charge in [-0.3, -0.25) is 24.6 Å². The van der Waals surface area contributed by atoms with Crippen LogP contribution in [-0.4, -0.2) is 53.1 Å². The van der Waals surface area contributed by atoms with E-state index in [1.807, 2.05) is 37.3 Å². The Bertz CT molecular complexity index is 1170. The fourth-order valence-corrected chi connectivity index (χ4v) is 5.72. The number of carboxylic acids is 1. The number of nitrogens with one attached hydrogen (secondary N) is 1. The number of benzene rings is 2. The van der Waals surface area contributed by atoms with E-state index in [2.05, 4.69) is 5.32 Å². The smallest absolute Gasteiger partial charge is 0.325 e. The molecular weight excluding hydrogens is 448 g/mol. The second-order valence-corrected chi connectivity index (χ2v) is 10.3. The lowest BCUT2D eigenvalue weighted by molar-refractivity contribution is -0.153. The van der Waals surface area contributed by atoms with Crippen LogP contribution in [0, 0.1) is 18.8 Å². The zero-order valence-corrected chi connectivity index (χ0v) is 20.9. The molecule has 2 heterocycles. The van der Waals surface area contributed by atoms with E-state index in [1.165, 1.54) is 12.0 Å². The Labute approximate surface area is 205 Å². The molecule has 2 amide bonds. The van der Waals surface area contributed by atoms with Crippen LogP contribution in [0.1, 0.15) is 43.5 Å². The molecule has 186 valence electrons. The Balaban J connectivity index is 1.93. The lowest BCUT2D eigenvalue weighted by Crippen LogP contribution is -2.58. The van der Waals surface area contributed by atoms with E-state index in [1.54, 1.807) is 40.0 Å². The molecule has 8 nitrogen and oxygen atoms in total. The van der Waals surface area contributed by atoms with Crippen LogP contribution >= 0.6 is 0 Å². The fourth-order valence-electron chi connectivity index (χ4n) is 5.72. The molecule has 2 aromatic rings. The Hall–Kier alpha value is -3.39. The molecule has 35 heavy (non-hydrogen) atoms. The normalized spacial score (nSPS) is 26.1. The summed E-state index contributed by atoms with van der Waals surface area (Å²) in [4.78, 5) is 41.8. The third kappa shape index (κ3) is 3.76. The Morgan fingerprint density at radius 1 is 1.06 bits per heavy atom. The lowest BCUT2D eigenvalue weighted by atomic mass is 9.76.